The lowest BCUT2D eigenvalue weighted by atomic mass is 10.3. The van der Waals surface area contributed by atoms with Crippen molar-refractivity contribution in [2.75, 3.05) is 13.2 Å². The Morgan fingerprint density at radius 1 is 1.31 bits per heavy atom. The molecule has 0 fully saturated rings. The molecule has 76 valence electrons. The van der Waals surface area contributed by atoms with Crippen LogP contribution in [-0.2, 0) is 4.52 Å². The first kappa shape index (κ1) is 12.8. The van der Waals surface area contributed by atoms with Crippen molar-refractivity contribution >= 4 is 8.96 Å². The average molecular weight is 202 g/mol. The topological polar surface area (TPSA) is 16.8 Å². The van der Waals surface area contributed by atoms with Crippen molar-refractivity contribution in [2.45, 2.75) is 39.8 Å². The molecule has 0 saturated heterocycles. The van der Waals surface area contributed by atoms with E-state index in [4.69, 9.17) is 11.1 Å². The third kappa shape index (κ3) is 5.99. The molecule has 1 unspecified atom stereocenters. The van der Waals surface area contributed by atoms with Crippen LogP contribution in [-0.4, -0.2) is 29.9 Å². The Labute approximate surface area is 83.2 Å². The van der Waals surface area contributed by atoms with Crippen LogP contribution in [0.4, 0.5) is 0 Å². The molecule has 0 aromatic carbocycles. The third-order valence-corrected chi connectivity index (χ3v) is 3.16. The second kappa shape index (κ2) is 7.26. The molecule has 0 heterocycles. The van der Waals surface area contributed by atoms with Crippen molar-refractivity contribution in [1.29, 1.82) is 0 Å². The van der Waals surface area contributed by atoms with Crippen LogP contribution in [0.5, 0.6) is 0 Å². The molecule has 0 aliphatic heterocycles. The second-order valence-electron chi connectivity index (χ2n) is 3.42. The number of hydrogen-bond donors (Lipinski definition) is 0. The summed E-state index contributed by atoms with van der Waals surface area (Å²) in [5.41, 5.74) is 0. The molecule has 13 heavy (non-hydrogen) atoms. The maximum absolute atomic E-state index is 6.59. The highest BCUT2D eigenvalue weighted by Gasteiger charge is 2.13. The molecule has 0 amide bonds. The van der Waals surface area contributed by atoms with Crippen LogP contribution in [0.3, 0.4) is 0 Å². The van der Waals surface area contributed by atoms with Gasteiger partial charge in [-0.25, -0.2) is 6.57 Å². The van der Waals surface area contributed by atoms with Crippen LogP contribution in [0.2, 0.25) is 0 Å². The van der Waals surface area contributed by atoms with Crippen LogP contribution in [0.1, 0.15) is 27.7 Å². The van der Waals surface area contributed by atoms with Gasteiger partial charge in [-0.1, -0.05) is 0 Å². The van der Waals surface area contributed by atoms with Gasteiger partial charge in [-0.05, 0) is 27.7 Å². The molecule has 0 aliphatic rings. The lowest BCUT2D eigenvalue weighted by Crippen LogP contribution is -2.29. The molecule has 0 N–H and O–H groups in total. The molecular formula is C9H19N2OP. The van der Waals surface area contributed by atoms with E-state index in [0.717, 1.165) is 0 Å². The zero-order chi connectivity index (χ0) is 10.3. The van der Waals surface area contributed by atoms with Crippen LogP contribution < -0.4 is 0 Å². The van der Waals surface area contributed by atoms with E-state index in [9.17, 15) is 0 Å². The van der Waals surface area contributed by atoms with Crippen LogP contribution in [0.15, 0.2) is 0 Å². The predicted octanol–water partition coefficient (Wildman–Crippen LogP) is 2.55. The first-order chi connectivity index (χ1) is 6.09. The second-order valence-corrected chi connectivity index (χ2v) is 4.40. The van der Waals surface area contributed by atoms with E-state index >= 15 is 0 Å². The van der Waals surface area contributed by atoms with E-state index in [-0.39, 0.29) is 0 Å². The molecule has 0 spiro atoms. The third-order valence-electron chi connectivity index (χ3n) is 1.59. The Morgan fingerprint density at radius 2 is 1.85 bits per heavy atom. The maximum atomic E-state index is 6.59. The minimum atomic E-state index is 0.384. The Bertz CT molecular complexity index is 157. The van der Waals surface area contributed by atoms with Crippen molar-refractivity contribution in [3.8, 4) is 0 Å². The van der Waals surface area contributed by atoms with Gasteiger partial charge in [0.1, 0.15) is 6.61 Å². The summed E-state index contributed by atoms with van der Waals surface area (Å²) in [4.78, 5) is 3.23. The first-order valence-electron chi connectivity index (χ1n) is 4.58. The van der Waals surface area contributed by atoms with Gasteiger partial charge in [-0.3, -0.25) is 4.67 Å². The summed E-state index contributed by atoms with van der Waals surface area (Å²) in [6.07, 6.45) is 0. The Kier molecular flexibility index (Phi) is 7.17. The molecule has 1 atom stereocenters. The van der Waals surface area contributed by atoms with Gasteiger partial charge in [0.2, 0.25) is 6.54 Å². The summed E-state index contributed by atoms with van der Waals surface area (Å²) in [6, 6.07) is 1.01. The quantitative estimate of drug-likeness (QED) is 0.374. The molecule has 0 saturated carbocycles. The normalized spacial score (nSPS) is 12.2. The van der Waals surface area contributed by atoms with Crippen LogP contribution in [0.25, 0.3) is 4.85 Å². The molecule has 0 aromatic rings. The van der Waals surface area contributed by atoms with Gasteiger partial charge in [0.15, 0.2) is 0 Å². The fourth-order valence-electron chi connectivity index (χ4n) is 1.02. The monoisotopic (exact) mass is 202 g/mol. The van der Waals surface area contributed by atoms with Gasteiger partial charge in [0.25, 0.3) is 0 Å². The minimum Gasteiger partial charge on any atom is -0.339 e. The summed E-state index contributed by atoms with van der Waals surface area (Å²) in [7, 11) is 0.384. The van der Waals surface area contributed by atoms with Gasteiger partial charge < -0.3 is 9.37 Å². The van der Waals surface area contributed by atoms with Gasteiger partial charge in [0, 0.05) is 12.1 Å². The van der Waals surface area contributed by atoms with Gasteiger partial charge in [-0.2, -0.15) is 0 Å². The first-order valence-corrected chi connectivity index (χ1v) is 5.44. The van der Waals surface area contributed by atoms with Gasteiger partial charge in [-0.15, -0.1) is 0 Å². The van der Waals surface area contributed by atoms with Crippen molar-refractivity contribution in [3.63, 3.8) is 0 Å². The molecule has 3 nitrogen and oxygen atoms in total. The standard InChI is InChI=1S/C9H19N2OP/c1-8(2)11(9(3)4)13-12-7-6-10-5/h8-9,13H,6-7H2,1-4H3. The van der Waals surface area contributed by atoms with E-state index < -0.39 is 0 Å². The Morgan fingerprint density at radius 3 is 2.23 bits per heavy atom. The van der Waals surface area contributed by atoms with Gasteiger partial charge >= 0.3 is 0 Å². The lowest BCUT2D eigenvalue weighted by Gasteiger charge is -2.28. The fraction of sp³-hybridized carbons (Fsp3) is 0.889. The Hall–Kier alpha value is -0.160. The summed E-state index contributed by atoms with van der Waals surface area (Å²) in [5.74, 6) is 0. The lowest BCUT2D eigenvalue weighted by molar-refractivity contribution is 0.273. The largest absolute Gasteiger partial charge is 0.339 e. The highest BCUT2D eigenvalue weighted by Crippen LogP contribution is 2.25. The summed E-state index contributed by atoms with van der Waals surface area (Å²) in [6.45, 7) is 16.2. The number of rotatable bonds is 6. The van der Waals surface area contributed by atoms with E-state index in [1.54, 1.807) is 0 Å². The van der Waals surface area contributed by atoms with Crippen LogP contribution in [0, 0.1) is 6.57 Å². The molecule has 0 aliphatic carbocycles. The number of nitrogens with zero attached hydrogens (tertiary/aromatic N) is 2. The molecule has 0 aromatic heterocycles. The van der Waals surface area contributed by atoms with Crippen molar-refractivity contribution in [1.82, 2.24) is 4.67 Å². The zero-order valence-corrected chi connectivity index (χ0v) is 9.87. The highest BCUT2D eigenvalue weighted by atomic mass is 31.1. The summed E-state index contributed by atoms with van der Waals surface area (Å²) < 4.78 is 7.68. The smallest absolute Gasteiger partial charge is 0.238 e. The molecule has 0 bridgehead atoms. The fourth-order valence-corrected chi connectivity index (χ4v) is 1.77. The summed E-state index contributed by atoms with van der Waals surface area (Å²) in [5, 5.41) is 0. The number of hydrogen-bond acceptors (Lipinski definition) is 2. The SMILES string of the molecule is [C-]#[N+]CCOPN(C(C)C)C(C)C. The van der Waals surface area contributed by atoms with E-state index in [2.05, 4.69) is 37.2 Å². The molecule has 0 rings (SSSR count). The molecular weight excluding hydrogens is 183 g/mol. The van der Waals surface area contributed by atoms with Crippen LogP contribution >= 0.6 is 8.96 Å². The van der Waals surface area contributed by atoms with Crippen molar-refractivity contribution in [3.05, 3.63) is 11.4 Å². The predicted molar refractivity (Wildman–Crippen MR) is 57.8 cm³/mol. The van der Waals surface area contributed by atoms with Crippen molar-refractivity contribution in [2.24, 2.45) is 0 Å². The Balaban J connectivity index is 3.65. The molecule has 4 heteroatoms. The molecule has 0 radical (unpaired) electrons. The average Bonchev–Trinajstić information content (AvgIpc) is 2.02. The van der Waals surface area contributed by atoms with E-state index in [0.29, 0.717) is 34.2 Å². The minimum absolute atomic E-state index is 0.384. The summed E-state index contributed by atoms with van der Waals surface area (Å²) >= 11 is 0. The zero-order valence-electron chi connectivity index (χ0n) is 8.87. The van der Waals surface area contributed by atoms with Gasteiger partial charge in [0.05, 0.1) is 8.96 Å². The van der Waals surface area contributed by atoms with Crippen molar-refractivity contribution < 1.29 is 4.52 Å². The highest BCUT2D eigenvalue weighted by molar-refractivity contribution is 7.29. The van der Waals surface area contributed by atoms with E-state index in [1.165, 1.54) is 0 Å². The van der Waals surface area contributed by atoms with E-state index in [1.807, 2.05) is 0 Å². The maximum Gasteiger partial charge on any atom is 0.238 e.